The minimum absolute atomic E-state index is 0.202. The Balaban J connectivity index is 2.45. The molecule has 1 rings (SSSR count). The van der Waals surface area contributed by atoms with E-state index in [1.54, 1.807) is 6.92 Å². The molecule has 0 fully saturated rings. The van der Waals surface area contributed by atoms with Crippen molar-refractivity contribution in [1.82, 2.24) is 4.98 Å². The maximum Gasteiger partial charge on any atom is 0.316 e. The van der Waals surface area contributed by atoms with Crippen molar-refractivity contribution in [1.29, 1.82) is 0 Å². The van der Waals surface area contributed by atoms with E-state index in [9.17, 15) is 4.79 Å². The van der Waals surface area contributed by atoms with Crippen LogP contribution >= 0.6 is 46.3 Å². The Morgan fingerprint density at radius 3 is 2.86 bits per heavy atom. The second-order valence-electron chi connectivity index (χ2n) is 2.14. The molecular formula is C7H7Cl2NO2S2. The van der Waals surface area contributed by atoms with Gasteiger partial charge < -0.3 is 4.74 Å². The van der Waals surface area contributed by atoms with Crippen molar-refractivity contribution in [3.8, 4) is 0 Å². The molecule has 0 radical (unpaired) electrons. The zero-order valence-corrected chi connectivity index (χ0v) is 10.4. The van der Waals surface area contributed by atoms with Crippen molar-refractivity contribution in [2.24, 2.45) is 0 Å². The molecule has 0 aliphatic carbocycles. The summed E-state index contributed by atoms with van der Waals surface area (Å²) in [6, 6.07) is 0. The van der Waals surface area contributed by atoms with Crippen LogP contribution in [0.4, 0.5) is 0 Å². The van der Waals surface area contributed by atoms with Crippen LogP contribution in [0.2, 0.25) is 8.80 Å². The fourth-order valence-electron chi connectivity index (χ4n) is 0.683. The van der Waals surface area contributed by atoms with Crippen LogP contribution in [-0.4, -0.2) is 23.3 Å². The van der Waals surface area contributed by atoms with Gasteiger partial charge in [0.25, 0.3) is 0 Å². The number of hydrogen-bond acceptors (Lipinski definition) is 5. The Kier molecular flexibility index (Phi) is 5.01. The number of thiazole rings is 1. The van der Waals surface area contributed by atoms with Crippen molar-refractivity contribution in [2.75, 3.05) is 12.4 Å². The van der Waals surface area contributed by atoms with E-state index in [1.165, 1.54) is 23.1 Å². The molecule has 0 spiro atoms. The first-order valence-electron chi connectivity index (χ1n) is 3.73. The first kappa shape index (κ1) is 12.1. The van der Waals surface area contributed by atoms with Crippen LogP contribution in [-0.2, 0) is 9.53 Å². The number of nitrogens with zero attached hydrogens (tertiary/aromatic N) is 1. The van der Waals surface area contributed by atoms with Gasteiger partial charge in [-0.2, -0.15) is 0 Å². The number of carbonyl (C=O) groups excluding carboxylic acids is 1. The monoisotopic (exact) mass is 271 g/mol. The van der Waals surface area contributed by atoms with Crippen LogP contribution in [0, 0.1) is 0 Å². The van der Waals surface area contributed by atoms with E-state index in [0.29, 0.717) is 20.4 Å². The molecule has 0 bridgehead atoms. The highest BCUT2D eigenvalue weighted by Crippen LogP contribution is 2.34. The molecule has 7 heteroatoms. The predicted molar refractivity (Wildman–Crippen MR) is 59.5 cm³/mol. The summed E-state index contributed by atoms with van der Waals surface area (Å²) in [6.07, 6.45) is 0. The molecule has 0 N–H and O–H groups in total. The SMILES string of the molecule is CCOC(=O)CSc1nc(Cl)sc1Cl. The van der Waals surface area contributed by atoms with Crippen LogP contribution in [0.25, 0.3) is 0 Å². The van der Waals surface area contributed by atoms with Gasteiger partial charge in [-0.1, -0.05) is 46.3 Å². The highest BCUT2D eigenvalue weighted by Gasteiger charge is 2.11. The maximum absolute atomic E-state index is 11.0. The average molecular weight is 272 g/mol. The lowest BCUT2D eigenvalue weighted by atomic mass is 10.8. The maximum atomic E-state index is 11.0. The van der Waals surface area contributed by atoms with Gasteiger partial charge in [0.1, 0.15) is 9.36 Å². The molecule has 1 aromatic heterocycles. The summed E-state index contributed by atoms with van der Waals surface area (Å²) in [4.78, 5) is 14.9. The second-order valence-corrected chi connectivity index (χ2v) is 5.29. The van der Waals surface area contributed by atoms with Crippen LogP contribution in [0.3, 0.4) is 0 Å². The van der Waals surface area contributed by atoms with Gasteiger partial charge in [-0.05, 0) is 6.92 Å². The largest absolute Gasteiger partial charge is 0.465 e. The molecule has 0 aliphatic heterocycles. The number of thioether (sulfide) groups is 1. The molecule has 0 saturated carbocycles. The highest BCUT2D eigenvalue weighted by molar-refractivity contribution is 8.00. The molecule has 78 valence electrons. The lowest BCUT2D eigenvalue weighted by Gasteiger charge is -1.99. The van der Waals surface area contributed by atoms with E-state index in [4.69, 9.17) is 27.9 Å². The van der Waals surface area contributed by atoms with Crippen LogP contribution < -0.4 is 0 Å². The predicted octanol–water partition coefficient (Wildman–Crippen LogP) is 3.11. The van der Waals surface area contributed by atoms with E-state index >= 15 is 0 Å². The number of hydrogen-bond donors (Lipinski definition) is 0. The zero-order chi connectivity index (χ0) is 10.6. The smallest absolute Gasteiger partial charge is 0.316 e. The minimum Gasteiger partial charge on any atom is -0.465 e. The molecule has 1 aromatic rings. The fraction of sp³-hybridized carbons (Fsp3) is 0.429. The Hall–Kier alpha value is 0.0300. The third-order valence-corrected chi connectivity index (χ3v) is 3.71. The molecule has 0 unspecified atom stereocenters. The van der Waals surface area contributed by atoms with Gasteiger partial charge in [0.15, 0.2) is 4.47 Å². The molecule has 0 amide bonds. The normalized spacial score (nSPS) is 10.2. The first-order valence-corrected chi connectivity index (χ1v) is 6.29. The summed E-state index contributed by atoms with van der Waals surface area (Å²) in [5.41, 5.74) is 0. The van der Waals surface area contributed by atoms with Crippen LogP contribution in [0.1, 0.15) is 6.92 Å². The van der Waals surface area contributed by atoms with E-state index in [-0.39, 0.29) is 11.7 Å². The lowest BCUT2D eigenvalue weighted by molar-refractivity contribution is -0.139. The van der Waals surface area contributed by atoms with Crippen molar-refractivity contribution in [3.05, 3.63) is 8.80 Å². The van der Waals surface area contributed by atoms with E-state index in [1.807, 2.05) is 0 Å². The number of rotatable bonds is 4. The van der Waals surface area contributed by atoms with Crippen molar-refractivity contribution < 1.29 is 9.53 Å². The lowest BCUT2D eigenvalue weighted by Crippen LogP contribution is -2.06. The van der Waals surface area contributed by atoms with Crippen LogP contribution in [0.15, 0.2) is 5.03 Å². The average Bonchev–Trinajstić information content (AvgIpc) is 2.42. The quantitative estimate of drug-likeness (QED) is 0.623. The number of halogens is 2. The summed E-state index contributed by atoms with van der Waals surface area (Å²) in [5, 5.41) is 0.578. The number of esters is 1. The molecule has 0 aromatic carbocycles. The number of aromatic nitrogens is 1. The van der Waals surface area contributed by atoms with E-state index in [2.05, 4.69) is 4.98 Å². The second kappa shape index (κ2) is 5.80. The van der Waals surface area contributed by atoms with Crippen molar-refractivity contribution in [3.63, 3.8) is 0 Å². The molecule has 1 heterocycles. The molecule has 0 aliphatic rings. The first-order chi connectivity index (χ1) is 6.63. The van der Waals surface area contributed by atoms with Gasteiger partial charge in [-0.15, -0.1) is 0 Å². The van der Waals surface area contributed by atoms with E-state index in [0.717, 1.165) is 0 Å². The molecule has 0 saturated heterocycles. The molecular weight excluding hydrogens is 265 g/mol. The fourth-order valence-corrected chi connectivity index (χ4v) is 2.98. The van der Waals surface area contributed by atoms with Gasteiger partial charge in [0.05, 0.1) is 12.4 Å². The Morgan fingerprint density at radius 2 is 2.36 bits per heavy atom. The van der Waals surface area contributed by atoms with Gasteiger partial charge in [0, 0.05) is 0 Å². The Morgan fingerprint density at radius 1 is 1.64 bits per heavy atom. The van der Waals surface area contributed by atoms with E-state index < -0.39 is 0 Å². The summed E-state index contributed by atoms with van der Waals surface area (Å²) in [7, 11) is 0. The van der Waals surface area contributed by atoms with Gasteiger partial charge in [-0.3, -0.25) is 4.79 Å². The number of ether oxygens (including phenoxy) is 1. The zero-order valence-electron chi connectivity index (χ0n) is 7.25. The Labute approximate surface area is 99.8 Å². The van der Waals surface area contributed by atoms with Gasteiger partial charge in [-0.25, -0.2) is 4.98 Å². The van der Waals surface area contributed by atoms with Crippen molar-refractivity contribution >= 4 is 52.3 Å². The Bertz CT molecular complexity index is 329. The van der Waals surface area contributed by atoms with Crippen molar-refractivity contribution in [2.45, 2.75) is 11.9 Å². The molecule has 3 nitrogen and oxygen atoms in total. The molecule has 14 heavy (non-hydrogen) atoms. The van der Waals surface area contributed by atoms with Crippen LogP contribution in [0.5, 0.6) is 0 Å². The summed E-state index contributed by atoms with van der Waals surface area (Å²) < 4.78 is 5.63. The van der Waals surface area contributed by atoms with Gasteiger partial charge in [0.2, 0.25) is 0 Å². The standard InChI is InChI=1S/C7H7Cl2NO2S2/c1-2-12-4(11)3-13-6-5(8)14-7(9)10-6/h2-3H2,1H3. The minimum atomic E-state index is -0.280. The molecule has 0 atom stereocenters. The summed E-state index contributed by atoms with van der Waals surface area (Å²) >= 11 is 13.8. The summed E-state index contributed by atoms with van der Waals surface area (Å²) in [6.45, 7) is 2.14. The summed E-state index contributed by atoms with van der Waals surface area (Å²) in [5.74, 6) is -0.0779. The highest BCUT2D eigenvalue weighted by atomic mass is 35.5. The third kappa shape index (κ3) is 3.65. The number of carbonyl (C=O) groups is 1. The topological polar surface area (TPSA) is 39.2 Å². The van der Waals surface area contributed by atoms with Gasteiger partial charge >= 0.3 is 5.97 Å². The third-order valence-electron chi connectivity index (χ3n) is 1.16.